The van der Waals surface area contributed by atoms with Crippen LogP contribution < -0.4 is 15.2 Å². The SMILES string of the molecule is CCc1c2c(nc3ccc(OP(=O)(COC)NC(C)C(=O)OC(C)C)cc13)-c1cc3c(c(=O)n1C2)COC(=O)[C@]3(O)CC. The Hall–Kier alpha value is -3.57. The smallest absolute Gasteiger partial charge is 0.343 e. The number of hydrogen-bond acceptors (Lipinski definition) is 10. The summed E-state index contributed by atoms with van der Waals surface area (Å²) in [5.74, 6) is -1.05. The molecule has 1 aromatic carbocycles. The van der Waals surface area contributed by atoms with E-state index in [1.54, 1.807) is 56.5 Å². The number of carbonyl (C=O) groups is 2. The van der Waals surface area contributed by atoms with Gasteiger partial charge in [0.1, 0.15) is 24.7 Å². The summed E-state index contributed by atoms with van der Waals surface area (Å²) >= 11 is 0. The molecule has 0 amide bonds. The standard InChI is InChI=1S/C30H36N3O9P/c1-7-19-20-11-18(42-43(38,15-39-6)32-17(5)28(35)41-16(3)4)9-10-24(20)31-26-21(19)13-33-25(26)12-23-22(27(33)34)14-40-29(36)30(23,37)8-2/h9-12,16-17,37H,7-8,13-15H2,1-6H3,(H,32,38)/t17?,30-,43?/m0/s1. The van der Waals surface area contributed by atoms with E-state index in [9.17, 15) is 24.1 Å². The summed E-state index contributed by atoms with van der Waals surface area (Å²) in [5.41, 5.74) is 1.77. The van der Waals surface area contributed by atoms with Gasteiger partial charge in [-0.15, -0.1) is 0 Å². The van der Waals surface area contributed by atoms with Gasteiger partial charge in [0.25, 0.3) is 5.56 Å². The van der Waals surface area contributed by atoms with Crippen LogP contribution >= 0.6 is 7.52 Å². The molecule has 13 heteroatoms. The molecule has 2 aromatic heterocycles. The number of hydrogen-bond donors (Lipinski definition) is 2. The van der Waals surface area contributed by atoms with Gasteiger partial charge in [-0.1, -0.05) is 13.8 Å². The molecule has 2 N–H and O–H groups in total. The quantitative estimate of drug-likeness (QED) is 0.198. The lowest BCUT2D eigenvalue weighted by Gasteiger charge is -2.31. The zero-order valence-corrected chi connectivity index (χ0v) is 25.9. The van der Waals surface area contributed by atoms with Crippen LogP contribution in [0.2, 0.25) is 0 Å². The van der Waals surface area contributed by atoms with Gasteiger partial charge < -0.3 is 28.4 Å². The van der Waals surface area contributed by atoms with Crippen LogP contribution in [-0.4, -0.2) is 52.2 Å². The highest BCUT2D eigenvalue weighted by molar-refractivity contribution is 7.57. The molecule has 0 bridgehead atoms. The summed E-state index contributed by atoms with van der Waals surface area (Å²) in [4.78, 5) is 43.3. The van der Waals surface area contributed by atoms with E-state index in [1.807, 2.05) is 6.92 Å². The van der Waals surface area contributed by atoms with Gasteiger partial charge in [0.05, 0.1) is 35.1 Å². The van der Waals surface area contributed by atoms with Crippen molar-refractivity contribution in [2.45, 2.75) is 78.4 Å². The van der Waals surface area contributed by atoms with Crippen molar-refractivity contribution < 1.29 is 38.0 Å². The van der Waals surface area contributed by atoms with Crippen molar-refractivity contribution in [3.05, 3.63) is 56.9 Å². The van der Waals surface area contributed by atoms with E-state index >= 15 is 0 Å². The predicted molar refractivity (Wildman–Crippen MR) is 158 cm³/mol. The molecule has 3 atom stereocenters. The third-order valence-corrected chi connectivity index (χ3v) is 9.66. The number of carbonyl (C=O) groups excluding carboxylic acids is 2. The molecule has 0 aliphatic carbocycles. The second-order valence-corrected chi connectivity index (χ2v) is 13.1. The van der Waals surface area contributed by atoms with Crippen LogP contribution in [-0.2, 0) is 53.5 Å². The van der Waals surface area contributed by atoms with Crippen molar-refractivity contribution in [2.24, 2.45) is 0 Å². The molecule has 0 radical (unpaired) electrons. The maximum atomic E-state index is 13.7. The number of esters is 2. The normalized spacial score (nSPS) is 19.3. The third kappa shape index (κ3) is 5.37. The molecule has 2 aliphatic heterocycles. The molecule has 2 unspecified atom stereocenters. The average molecular weight is 614 g/mol. The molecule has 5 rings (SSSR count). The minimum atomic E-state index is -3.70. The molecule has 12 nitrogen and oxygen atoms in total. The first-order chi connectivity index (χ1) is 20.4. The Balaban J connectivity index is 1.55. The minimum absolute atomic E-state index is 0.0577. The lowest BCUT2D eigenvalue weighted by molar-refractivity contribution is -0.172. The summed E-state index contributed by atoms with van der Waals surface area (Å²) in [6.45, 7) is 8.70. The predicted octanol–water partition coefficient (Wildman–Crippen LogP) is 3.75. The third-order valence-electron chi connectivity index (χ3n) is 7.78. The molecule has 0 saturated heterocycles. The highest BCUT2D eigenvalue weighted by Crippen LogP contribution is 2.45. The topological polar surface area (TPSA) is 155 Å². The molecule has 2 aliphatic rings. The van der Waals surface area contributed by atoms with Gasteiger partial charge in [0.2, 0.25) is 0 Å². The fourth-order valence-corrected chi connectivity index (χ4v) is 7.38. The maximum Gasteiger partial charge on any atom is 0.343 e. The van der Waals surface area contributed by atoms with Gasteiger partial charge in [-0.05, 0) is 63.4 Å². The van der Waals surface area contributed by atoms with Crippen molar-refractivity contribution in [3.63, 3.8) is 0 Å². The average Bonchev–Trinajstić information content (AvgIpc) is 3.32. The van der Waals surface area contributed by atoms with Crippen molar-refractivity contribution in [3.8, 4) is 17.1 Å². The first-order valence-corrected chi connectivity index (χ1v) is 16.0. The summed E-state index contributed by atoms with van der Waals surface area (Å²) in [6.07, 6.45) is 0.0389. The lowest BCUT2D eigenvalue weighted by atomic mass is 9.86. The summed E-state index contributed by atoms with van der Waals surface area (Å²) in [6, 6.07) is 5.87. The van der Waals surface area contributed by atoms with Crippen LogP contribution in [0.3, 0.4) is 0 Å². The number of aliphatic hydroxyl groups is 1. The van der Waals surface area contributed by atoms with Crippen molar-refractivity contribution >= 4 is 30.4 Å². The van der Waals surface area contributed by atoms with Gasteiger partial charge in [0, 0.05) is 23.6 Å². The number of aromatic nitrogens is 2. The van der Waals surface area contributed by atoms with E-state index in [-0.39, 0.29) is 54.5 Å². The fourth-order valence-electron chi connectivity index (χ4n) is 5.71. The number of pyridine rings is 2. The molecule has 230 valence electrons. The molecule has 0 spiro atoms. The van der Waals surface area contributed by atoms with E-state index in [0.29, 0.717) is 23.3 Å². The monoisotopic (exact) mass is 613 g/mol. The number of cyclic esters (lactones) is 1. The Morgan fingerprint density at radius 3 is 2.60 bits per heavy atom. The van der Waals surface area contributed by atoms with E-state index in [4.69, 9.17) is 23.7 Å². The first-order valence-electron chi connectivity index (χ1n) is 14.2. The molecule has 43 heavy (non-hydrogen) atoms. The van der Waals surface area contributed by atoms with E-state index in [2.05, 4.69) is 5.09 Å². The number of nitrogens with one attached hydrogen (secondary N) is 1. The summed E-state index contributed by atoms with van der Waals surface area (Å²) in [5, 5.41) is 14.6. The van der Waals surface area contributed by atoms with Crippen LogP contribution in [0.25, 0.3) is 22.3 Å². The van der Waals surface area contributed by atoms with Crippen LogP contribution in [0.4, 0.5) is 0 Å². The fraction of sp³-hybridized carbons (Fsp3) is 0.467. The number of benzene rings is 1. The Morgan fingerprint density at radius 1 is 1.21 bits per heavy atom. The number of fused-ring (bicyclic) bond motifs is 5. The van der Waals surface area contributed by atoms with E-state index in [0.717, 1.165) is 16.5 Å². The highest BCUT2D eigenvalue weighted by atomic mass is 31.2. The number of aryl methyl sites for hydroxylation is 1. The number of nitrogens with zero attached hydrogens (tertiary/aromatic N) is 2. The summed E-state index contributed by atoms with van der Waals surface area (Å²) < 4.78 is 36.8. The first kappa shape index (κ1) is 30.9. The van der Waals surface area contributed by atoms with Gasteiger partial charge in [0.15, 0.2) is 5.60 Å². The van der Waals surface area contributed by atoms with Crippen molar-refractivity contribution in [1.29, 1.82) is 0 Å². The van der Waals surface area contributed by atoms with Crippen LogP contribution in [0.1, 0.15) is 63.3 Å². The number of rotatable bonds is 10. The zero-order chi connectivity index (χ0) is 31.3. The van der Waals surface area contributed by atoms with Crippen molar-refractivity contribution in [1.82, 2.24) is 14.6 Å². The van der Waals surface area contributed by atoms with Gasteiger partial charge in [-0.2, -0.15) is 0 Å². The molecular weight excluding hydrogens is 577 g/mol. The zero-order valence-electron chi connectivity index (χ0n) is 25.1. The molecule has 0 fully saturated rings. The number of ether oxygens (including phenoxy) is 3. The molecular formula is C30H36N3O9P. The Morgan fingerprint density at radius 2 is 1.95 bits per heavy atom. The van der Waals surface area contributed by atoms with Crippen LogP contribution in [0, 0.1) is 0 Å². The van der Waals surface area contributed by atoms with E-state index < -0.39 is 31.1 Å². The van der Waals surface area contributed by atoms with Crippen molar-refractivity contribution in [2.75, 3.05) is 13.5 Å². The van der Waals surface area contributed by atoms with Gasteiger partial charge in [-0.25, -0.2) is 14.9 Å². The second kappa shape index (κ2) is 11.5. The molecule has 0 saturated carbocycles. The van der Waals surface area contributed by atoms with E-state index in [1.165, 1.54) is 7.11 Å². The Labute approximate surface area is 248 Å². The highest BCUT2D eigenvalue weighted by Gasteiger charge is 2.45. The second-order valence-electron chi connectivity index (χ2n) is 11.1. The molecule has 3 aromatic rings. The Bertz CT molecular complexity index is 1730. The number of methoxy groups -OCH3 is 1. The largest absolute Gasteiger partial charge is 0.462 e. The van der Waals surface area contributed by atoms with Crippen LogP contribution in [0.15, 0.2) is 29.1 Å². The minimum Gasteiger partial charge on any atom is -0.462 e. The summed E-state index contributed by atoms with van der Waals surface area (Å²) in [7, 11) is -2.31. The van der Waals surface area contributed by atoms with Gasteiger partial charge in [-0.3, -0.25) is 14.2 Å². The molecule has 4 heterocycles. The van der Waals surface area contributed by atoms with Crippen LogP contribution in [0.5, 0.6) is 5.75 Å². The van der Waals surface area contributed by atoms with Gasteiger partial charge >= 0.3 is 19.5 Å². The Kier molecular flexibility index (Phi) is 8.26. The maximum absolute atomic E-state index is 13.7. The lowest BCUT2D eigenvalue weighted by Crippen LogP contribution is -2.44.